The predicted octanol–water partition coefficient (Wildman–Crippen LogP) is 3.42. The number of benzene rings is 1. The lowest BCUT2D eigenvalue weighted by Crippen LogP contribution is -2.21. The summed E-state index contributed by atoms with van der Waals surface area (Å²) in [5.74, 6) is -0.555. The summed E-state index contributed by atoms with van der Waals surface area (Å²) < 4.78 is 1.03. The second-order valence-corrected chi connectivity index (χ2v) is 5.15. The van der Waals surface area contributed by atoms with E-state index in [1.807, 2.05) is 31.2 Å². The van der Waals surface area contributed by atoms with Crippen molar-refractivity contribution in [3.63, 3.8) is 0 Å². The molecule has 2 nitrogen and oxygen atoms in total. The quantitative estimate of drug-likeness (QED) is 0.912. The second kappa shape index (κ2) is 3.63. The zero-order valence-electron chi connectivity index (χ0n) is 8.53. The number of halogens is 1. The molecule has 3 heteroatoms. The summed E-state index contributed by atoms with van der Waals surface area (Å²) in [6, 6.07) is 7.92. The van der Waals surface area contributed by atoms with Crippen LogP contribution < -0.4 is 0 Å². The number of rotatable bonds is 3. The fourth-order valence-electron chi connectivity index (χ4n) is 2.04. The van der Waals surface area contributed by atoms with Crippen LogP contribution in [0.1, 0.15) is 31.2 Å². The van der Waals surface area contributed by atoms with E-state index in [0.29, 0.717) is 0 Å². The van der Waals surface area contributed by atoms with Crippen LogP contribution in [0.25, 0.3) is 0 Å². The third kappa shape index (κ3) is 1.81. The maximum atomic E-state index is 11.2. The topological polar surface area (TPSA) is 37.3 Å². The van der Waals surface area contributed by atoms with Gasteiger partial charge in [0, 0.05) is 4.47 Å². The first-order chi connectivity index (χ1) is 7.06. The fourth-order valence-corrected chi connectivity index (χ4v) is 2.30. The Balaban J connectivity index is 2.25. The van der Waals surface area contributed by atoms with Crippen molar-refractivity contribution >= 4 is 21.9 Å². The van der Waals surface area contributed by atoms with E-state index in [1.165, 1.54) is 0 Å². The molecule has 1 aromatic carbocycles. The van der Waals surface area contributed by atoms with Gasteiger partial charge in [0.15, 0.2) is 0 Å². The molecule has 1 atom stereocenters. The Morgan fingerprint density at radius 2 is 1.93 bits per heavy atom. The van der Waals surface area contributed by atoms with Gasteiger partial charge in [0.2, 0.25) is 0 Å². The lowest BCUT2D eigenvalue weighted by atomic mass is 9.85. The van der Waals surface area contributed by atoms with E-state index in [-0.39, 0.29) is 5.92 Å². The van der Waals surface area contributed by atoms with Gasteiger partial charge in [-0.25, -0.2) is 0 Å². The van der Waals surface area contributed by atoms with Crippen LogP contribution in [0.2, 0.25) is 0 Å². The summed E-state index contributed by atoms with van der Waals surface area (Å²) in [6.45, 7) is 2.00. The molecule has 1 unspecified atom stereocenters. The molecule has 15 heavy (non-hydrogen) atoms. The normalized spacial score (nSPS) is 19.6. The first-order valence-corrected chi connectivity index (χ1v) is 5.84. The Morgan fingerprint density at radius 3 is 2.33 bits per heavy atom. The lowest BCUT2D eigenvalue weighted by molar-refractivity contribution is -0.144. The predicted molar refractivity (Wildman–Crippen MR) is 61.9 cm³/mol. The van der Waals surface area contributed by atoms with Crippen LogP contribution in [-0.2, 0) is 4.79 Å². The molecule has 1 aliphatic carbocycles. The molecule has 1 fully saturated rings. The highest BCUT2D eigenvalue weighted by Crippen LogP contribution is 2.56. The van der Waals surface area contributed by atoms with E-state index in [9.17, 15) is 9.90 Å². The van der Waals surface area contributed by atoms with Crippen LogP contribution >= 0.6 is 15.9 Å². The van der Waals surface area contributed by atoms with Crippen LogP contribution in [-0.4, -0.2) is 11.1 Å². The Morgan fingerprint density at radius 1 is 1.40 bits per heavy atom. The molecule has 1 saturated carbocycles. The third-order valence-corrected chi connectivity index (χ3v) is 3.94. The summed E-state index contributed by atoms with van der Waals surface area (Å²) in [4.78, 5) is 11.2. The average Bonchev–Trinajstić information content (AvgIpc) is 2.98. The Kier molecular flexibility index (Phi) is 2.59. The van der Waals surface area contributed by atoms with Gasteiger partial charge in [-0.05, 0) is 36.5 Å². The molecule has 0 amide bonds. The highest BCUT2D eigenvalue weighted by Gasteiger charge is 2.54. The molecule has 1 aromatic rings. The van der Waals surface area contributed by atoms with Gasteiger partial charge in [-0.1, -0.05) is 35.0 Å². The van der Waals surface area contributed by atoms with Crippen molar-refractivity contribution in [1.29, 1.82) is 0 Å². The minimum Gasteiger partial charge on any atom is -0.481 e. The highest BCUT2D eigenvalue weighted by molar-refractivity contribution is 9.10. The molecule has 0 radical (unpaired) electrons. The summed E-state index contributed by atoms with van der Waals surface area (Å²) >= 11 is 3.37. The summed E-state index contributed by atoms with van der Waals surface area (Å²) in [6.07, 6.45) is 1.61. The maximum Gasteiger partial charge on any atom is 0.310 e. The third-order valence-electron chi connectivity index (χ3n) is 3.41. The second-order valence-electron chi connectivity index (χ2n) is 4.23. The first kappa shape index (κ1) is 10.7. The highest BCUT2D eigenvalue weighted by atomic mass is 79.9. The van der Waals surface area contributed by atoms with Crippen molar-refractivity contribution < 1.29 is 9.90 Å². The number of aliphatic carboxylic acids is 1. The molecular formula is C12H13BrO2. The molecule has 1 aliphatic rings. The SMILES string of the molecule is CC(c1ccc(Br)cc1)C1(C(=O)O)CC1. The fraction of sp³-hybridized carbons (Fsp3) is 0.417. The van der Waals surface area contributed by atoms with Crippen molar-refractivity contribution in [3.8, 4) is 0 Å². The molecule has 0 aromatic heterocycles. The minimum absolute atomic E-state index is 0.100. The van der Waals surface area contributed by atoms with E-state index < -0.39 is 11.4 Å². The van der Waals surface area contributed by atoms with E-state index in [0.717, 1.165) is 22.9 Å². The number of carboxylic acid groups (broad SMARTS) is 1. The van der Waals surface area contributed by atoms with Gasteiger partial charge < -0.3 is 5.11 Å². The lowest BCUT2D eigenvalue weighted by Gasteiger charge is -2.19. The van der Waals surface area contributed by atoms with E-state index in [1.54, 1.807) is 0 Å². The van der Waals surface area contributed by atoms with Crippen molar-refractivity contribution in [2.24, 2.45) is 5.41 Å². The largest absolute Gasteiger partial charge is 0.481 e. The van der Waals surface area contributed by atoms with Crippen LogP contribution in [0.3, 0.4) is 0 Å². The van der Waals surface area contributed by atoms with Gasteiger partial charge in [0.25, 0.3) is 0 Å². The number of carbonyl (C=O) groups is 1. The Bertz CT molecular complexity index is 379. The molecular weight excluding hydrogens is 256 g/mol. The molecule has 80 valence electrons. The standard InChI is InChI=1S/C12H13BrO2/c1-8(12(6-7-12)11(14)15)9-2-4-10(13)5-3-9/h2-5,8H,6-7H2,1H3,(H,14,15). The van der Waals surface area contributed by atoms with Crippen molar-refractivity contribution in [1.82, 2.24) is 0 Å². The van der Waals surface area contributed by atoms with Gasteiger partial charge in [-0.15, -0.1) is 0 Å². The maximum absolute atomic E-state index is 11.2. The smallest absolute Gasteiger partial charge is 0.310 e. The molecule has 0 aliphatic heterocycles. The monoisotopic (exact) mass is 268 g/mol. The van der Waals surface area contributed by atoms with Crippen LogP contribution in [0.4, 0.5) is 0 Å². The van der Waals surface area contributed by atoms with Crippen molar-refractivity contribution in [3.05, 3.63) is 34.3 Å². The van der Waals surface area contributed by atoms with Gasteiger partial charge >= 0.3 is 5.97 Å². The molecule has 0 heterocycles. The van der Waals surface area contributed by atoms with Crippen molar-refractivity contribution in [2.45, 2.75) is 25.7 Å². The van der Waals surface area contributed by atoms with Crippen LogP contribution in [0, 0.1) is 5.41 Å². The van der Waals surface area contributed by atoms with Gasteiger partial charge in [-0.2, -0.15) is 0 Å². The summed E-state index contributed by atoms with van der Waals surface area (Å²) in [5.41, 5.74) is 0.617. The minimum atomic E-state index is -0.655. The van der Waals surface area contributed by atoms with E-state index >= 15 is 0 Å². The summed E-state index contributed by atoms with van der Waals surface area (Å²) in [5, 5.41) is 9.18. The van der Waals surface area contributed by atoms with E-state index in [4.69, 9.17) is 0 Å². The van der Waals surface area contributed by atoms with Gasteiger partial charge in [0.1, 0.15) is 0 Å². The van der Waals surface area contributed by atoms with Crippen molar-refractivity contribution in [2.75, 3.05) is 0 Å². The van der Waals surface area contributed by atoms with Gasteiger partial charge in [0.05, 0.1) is 5.41 Å². The molecule has 1 N–H and O–H groups in total. The van der Waals surface area contributed by atoms with E-state index in [2.05, 4.69) is 15.9 Å². The number of carboxylic acids is 1. The first-order valence-electron chi connectivity index (χ1n) is 5.05. The van der Waals surface area contributed by atoms with Crippen LogP contribution in [0.15, 0.2) is 28.7 Å². The number of hydrogen-bond donors (Lipinski definition) is 1. The zero-order valence-corrected chi connectivity index (χ0v) is 10.1. The summed E-state index contributed by atoms with van der Waals surface area (Å²) in [7, 11) is 0. The van der Waals surface area contributed by atoms with Gasteiger partial charge in [-0.3, -0.25) is 4.79 Å². The molecule has 2 rings (SSSR count). The molecule has 0 bridgehead atoms. The average molecular weight is 269 g/mol. The number of hydrogen-bond acceptors (Lipinski definition) is 1. The molecule has 0 spiro atoms. The van der Waals surface area contributed by atoms with Crippen LogP contribution in [0.5, 0.6) is 0 Å². The molecule has 0 saturated heterocycles. The Labute approximate surface area is 97.4 Å². The zero-order chi connectivity index (χ0) is 11.1. The Hall–Kier alpha value is -0.830.